The third-order valence-corrected chi connectivity index (χ3v) is 5.07. The third-order valence-electron chi connectivity index (χ3n) is 5.07. The van der Waals surface area contributed by atoms with Crippen LogP contribution < -0.4 is 5.32 Å². The van der Waals surface area contributed by atoms with E-state index in [0.29, 0.717) is 12.5 Å². The predicted octanol–water partition coefficient (Wildman–Crippen LogP) is 2.60. The highest BCUT2D eigenvalue weighted by atomic mass is 16.2. The molecule has 1 aliphatic rings. The number of hydrogen-bond acceptors (Lipinski definition) is 3. The number of amides is 1. The summed E-state index contributed by atoms with van der Waals surface area (Å²) in [7, 11) is 2.00. The average Bonchev–Trinajstić information content (AvgIpc) is 2.58. The summed E-state index contributed by atoms with van der Waals surface area (Å²) < 4.78 is 0. The zero-order valence-electron chi connectivity index (χ0n) is 14.2. The number of pyridine rings is 1. The molecule has 1 N–H and O–H groups in total. The molecule has 23 heavy (non-hydrogen) atoms. The molecule has 1 amide bonds. The number of hydrogen-bond donors (Lipinski definition) is 1. The van der Waals surface area contributed by atoms with E-state index in [2.05, 4.69) is 23.3 Å². The molecule has 3 rings (SSSR count). The number of likely N-dealkylation sites (tertiary alicyclic amines) is 1. The van der Waals surface area contributed by atoms with E-state index >= 15 is 0 Å². The number of benzene rings is 1. The second-order valence-corrected chi connectivity index (χ2v) is 6.44. The molecule has 0 bridgehead atoms. The van der Waals surface area contributed by atoms with Gasteiger partial charge in [-0.3, -0.25) is 9.78 Å². The van der Waals surface area contributed by atoms with Crippen LogP contribution in [0.3, 0.4) is 0 Å². The van der Waals surface area contributed by atoms with Crippen molar-refractivity contribution < 1.29 is 4.79 Å². The lowest BCUT2D eigenvalue weighted by Crippen LogP contribution is -2.44. The van der Waals surface area contributed by atoms with Gasteiger partial charge in [-0.25, -0.2) is 0 Å². The first kappa shape index (κ1) is 15.9. The Balaban J connectivity index is 1.80. The number of rotatable bonds is 3. The first-order valence-corrected chi connectivity index (χ1v) is 8.40. The maximum Gasteiger partial charge on any atom is 0.227 e. The highest BCUT2D eigenvalue weighted by molar-refractivity contribution is 5.86. The number of carbonyl (C=O) groups is 1. The molecule has 1 aromatic heterocycles. The van der Waals surface area contributed by atoms with Gasteiger partial charge in [0.15, 0.2) is 0 Å². The van der Waals surface area contributed by atoms with E-state index in [0.717, 1.165) is 48.1 Å². The van der Waals surface area contributed by atoms with E-state index in [-0.39, 0.29) is 5.91 Å². The number of nitrogens with one attached hydrogen (secondary N) is 1. The first-order chi connectivity index (χ1) is 11.1. The Kier molecular flexibility index (Phi) is 4.62. The van der Waals surface area contributed by atoms with Crippen LogP contribution in [0.25, 0.3) is 10.9 Å². The molecule has 4 heteroatoms. The summed E-state index contributed by atoms with van der Waals surface area (Å²) in [5, 5.41) is 4.45. The summed E-state index contributed by atoms with van der Waals surface area (Å²) >= 11 is 0. The topological polar surface area (TPSA) is 45.2 Å². The van der Waals surface area contributed by atoms with Crippen molar-refractivity contribution in [2.45, 2.75) is 39.2 Å². The second-order valence-electron chi connectivity index (χ2n) is 6.44. The Labute approximate surface area is 137 Å². The quantitative estimate of drug-likeness (QED) is 0.948. The van der Waals surface area contributed by atoms with Gasteiger partial charge in [0, 0.05) is 30.2 Å². The number of aryl methyl sites for hydroxylation is 2. The number of fused-ring (bicyclic) bond motifs is 1. The molecule has 1 aromatic carbocycles. The van der Waals surface area contributed by atoms with Crippen molar-refractivity contribution in [3.63, 3.8) is 0 Å². The maximum absolute atomic E-state index is 12.7. The van der Waals surface area contributed by atoms with Crippen LogP contribution in [0.1, 0.15) is 29.7 Å². The van der Waals surface area contributed by atoms with Gasteiger partial charge in [-0.15, -0.1) is 0 Å². The van der Waals surface area contributed by atoms with Crippen LogP contribution in [0.15, 0.2) is 24.3 Å². The molecule has 0 aliphatic carbocycles. The van der Waals surface area contributed by atoms with Crippen LogP contribution in [0.2, 0.25) is 0 Å². The average molecular weight is 311 g/mol. The molecule has 0 radical (unpaired) electrons. The van der Waals surface area contributed by atoms with Crippen molar-refractivity contribution in [3.05, 3.63) is 41.1 Å². The van der Waals surface area contributed by atoms with Gasteiger partial charge in [0.2, 0.25) is 5.91 Å². The number of piperidine rings is 1. The number of para-hydroxylation sites is 1. The van der Waals surface area contributed by atoms with Gasteiger partial charge < -0.3 is 10.2 Å². The highest BCUT2D eigenvalue weighted by Gasteiger charge is 2.23. The zero-order chi connectivity index (χ0) is 16.4. The molecule has 0 atom stereocenters. The predicted molar refractivity (Wildman–Crippen MR) is 93.6 cm³/mol. The molecular formula is C19H25N3O. The molecule has 0 spiro atoms. The van der Waals surface area contributed by atoms with Gasteiger partial charge in [0.1, 0.15) is 0 Å². The molecule has 0 unspecified atom stereocenters. The number of nitrogens with zero attached hydrogens (tertiary/aromatic N) is 2. The molecule has 1 saturated heterocycles. The van der Waals surface area contributed by atoms with E-state index in [1.165, 1.54) is 5.56 Å². The number of aromatic nitrogens is 1. The first-order valence-electron chi connectivity index (χ1n) is 8.40. The maximum atomic E-state index is 12.7. The minimum Gasteiger partial charge on any atom is -0.342 e. The van der Waals surface area contributed by atoms with E-state index in [1.54, 1.807) is 0 Å². The molecule has 122 valence electrons. The Morgan fingerprint density at radius 2 is 1.96 bits per heavy atom. The Morgan fingerprint density at radius 1 is 1.26 bits per heavy atom. The molecule has 1 aliphatic heterocycles. The van der Waals surface area contributed by atoms with E-state index in [4.69, 9.17) is 0 Å². The monoisotopic (exact) mass is 311 g/mol. The minimum atomic E-state index is 0.225. The smallest absolute Gasteiger partial charge is 0.227 e. The molecule has 2 aromatic rings. The van der Waals surface area contributed by atoms with Crippen molar-refractivity contribution in [2.24, 2.45) is 0 Å². The summed E-state index contributed by atoms with van der Waals surface area (Å²) in [4.78, 5) is 19.4. The Bertz CT molecular complexity index is 718. The third kappa shape index (κ3) is 3.22. The van der Waals surface area contributed by atoms with Crippen molar-refractivity contribution >= 4 is 16.8 Å². The summed E-state index contributed by atoms with van der Waals surface area (Å²) in [5.41, 5.74) is 4.25. The largest absolute Gasteiger partial charge is 0.342 e. The Hall–Kier alpha value is -1.94. The fourth-order valence-corrected chi connectivity index (χ4v) is 3.51. The van der Waals surface area contributed by atoms with Gasteiger partial charge in [-0.05, 0) is 50.9 Å². The minimum absolute atomic E-state index is 0.225. The lowest BCUT2D eigenvalue weighted by molar-refractivity contribution is -0.131. The van der Waals surface area contributed by atoms with Crippen molar-refractivity contribution in [3.8, 4) is 0 Å². The second kappa shape index (κ2) is 6.67. The van der Waals surface area contributed by atoms with Crippen molar-refractivity contribution in [1.29, 1.82) is 0 Å². The van der Waals surface area contributed by atoms with E-state index in [9.17, 15) is 4.79 Å². The van der Waals surface area contributed by atoms with Crippen LogP contribution in [0.4, 0.5) is 0 Å². The zero-order valence-corrected chi connectivity index (χ0v) is 14.2. The standard InChI is InChI=1S/C19H25N3O/c1-13-16-6-4-5-7-18(16)21-14(2)17(13)12-19(23)22-10-8-15(20-3)9-11-22/h4-7,15,20H,8-12H2,1-3H3. The van der Waals surface area contributed by atoms with Gasteiger partial charge in [0.05, 0.1) is 11.9 Å². The summed E-state index contributed by atoms with van der Waals surface area (Å²) in [6.07, 6.45) is 2.53. The molecule has 0 saturated carbocycles. The van der Waals surface area contributed by atoms with Crippen LogP contribution in [0, 0.1) is 13.8 Å². The van der Waals surface area contributed by atoms with Crippen LogP contribution >= 0.6 is 0 Å². The van der Waals surface area contributed by atoms with Crippen LogP contribution in [-0.4, -0.2) is 42.0 Å². The van der Waals surface area contributed by atoms with Crippen molar-refractivity contribution in [1.82, 2.24) is 15.2 Å². The normalized spacial score (nSPS) is 16.0. The number of carbonyl (C=O) groups excluding carboxylic acids is 1. The summed E-state index contributed by atoms with van der Waals surface area (Å²) in [6, 6.07) is 8.70. The van der Waals surface area contributed by atoms with Gasteiger partial charge in [0.25, 0.3) is 0 Å². The van der Waals surface area contributed by atoms with Crippen molar-refractivity contribution in [2.75, 3.05) is 20.1 Å². The van der Waals surface area contributed by atoms with E-state index in [1.807, 2.05) is 37.1 Å². The van der Waals surface area contributed by atoms with Gasteiger partial charge in [-0.2, -0.15) is 0 Å². The van der Waals surface area contributed by atoms with Gasteiger partial charge in [-0.1, -0.05) is 18.2 Å². The SMILES string of the molecule is CNC1CCN(C(=O)Cc2c(C)nc3ccccc3c2C)CC1. The molecule has 2 heterocycles. The fraction of sp³-hybridized carbons (Fsp3) is 0.474. The van der Waals surface area contributed by atoms with Gasteiger partial charge >= 0.3 is 0 Å². The molecular weight excluding hydrogens is 286 g/mol. The Morgan fingerprint density at radius 3 is 2.65 bits per heavy atom. The van der Waals surface area contributed by atoms with Crippen LogP contribution in [-0.2, 0) is 11.2 Å². The lowest BCUT2D eigenvalue weighted by atomic mass is 9.98. The highest BCUT2D eigenvalue weighted by Crippen LogP contribution is 2.23. The fourth-order valence-electron chi connectivity index (χ4n) is 3.51. The molecule has 4 nitrogen and oxygen atoms in total. The molecule has 1 fully saturated rings. The van der Waals surface area contributed by atoms with E-state index < -0.39 is 0 Å². The summed E-state index contributed by atoms with van der Waals surface area (Å²) in [5.74, 6) is 0.225. The van der Waals surface area contributed by atoms with Crippen LogP contribution in [0.5, 0.6) is 0 Å². The lowest BCUT2D eigenvalue weighted by Gasteiger charge is -2.32. The summed E-state index contributed by atoms with van der Waals surface area (Å²) in [6.45, 7) is 5.81.